The lowest BCUT2D eigenvalue weighted by Gasteiger charge is -2.35. The van der Waals surface area contributed by atoms with Crippen molar-refractivity contribution in [2.75, 3.05) is 39.3 Å². The molecule has 1 N–H and O–H groups in total. The molecular weight excluding hydrogens is 234 g/mol. The van der Waals surface area contributed by atoms with Gasteiger partial charge < -0.3 is 10.2 Å². The zero-order valence-electron chi connectivity index (χ0n) is 13.4. The molecular formula is C16H33N3. The Labute approximate surface area is 120 Å². The molecule has 0 amide bonds. The molecule has 0 aromatic heterocycles. The number of hydrogen-bond acceptors (Lipinski definition) is 3. The maximum absolute atomic E-state index is 4.11. The van der Waals surface area contributed by atoms with E-state index in [0.29, 0.717) is 6.04 Å². The van der Waals surface area contributed by atoms with Crippen LogP contribution in [0.4, 0.5) is 0 Å². The maximum atomic E-state index is 4.11. The van der Waals surface area contributed by atoms with Crippen molar-refractivity contribution in [2.24, 2.45) is 5.92 Å². The lowest BCUT2D eigenvalue weighted by Crippen LogP contribution is -2.48. The number of piperazine rings is 1. The van der Waals surface area contributed by atoms with Crippen LogP contribution in [-0.2, 0) is 0 Å². The van der Waals surface area contributed by atoms with Gasteiger partial charge in [-0.25, -0.2) is 0 Å². The first kappa shape index (κ1) is 16.5. The molecule has 0 aromatic rings. The van der Waals surface area contributed by atoms with Gasteiger partial charge in [0.05, 0.1) is 0 Å². The molecule has 0 aliphatic carbocycles. The predicted molar refractivity (Wildman–Crippen MR) is 84.4 cm³/mol. The van der Waals surface area contributed by atoms with Gasteiger partial charge in [-0.15, -0.1) is 0 Å². The highest BCUT2D eigenvalue weighted by Crippen LogP contribution is 2.08. The highest BCUT2D eigenvalue weighted by atomic mass is 15.3. The van der Waals surface area contributed by atoms with Gasteiger partial charge in [-0.1, -0.05) is 20.4 Å². The van der Waals surface area contributed by atoms with E-state index in [-0.39, 0.29) is 0 Å². The van der Waals surface area contributed by atoms with E-state index in [1.165, 1.54) is 45.6 Å². The van der Waals surface area contributed by atoms with E-state index in [4.69, 9.17) is 0 Å². The molecule has 0 bridgehead atoms. The topological polar surface area (TPSA) is 18.5 Å². The van der Waals surface area contributed by atoms with E-state index in [0.717, 1.165) is 18.2 Å². The third-order valence-electron chi connectivity index (χ3n) is 3.63. The fourth-order valence-corrected chi connectivity index (χ4v) is 2.62. The van der Waals surface area contributed by atoms with Gasteiger partial charge in [-0.2, -0.15) is 0 Å². The molecule has 1 heterocycles. The van der Waals surface area contributed by atoms with Crippen molar-refractivity contribution in [2.45, 2.75) is 46.6 Å². The molecule has 0 saturated carbocycles. The zero-order valence-corrected chi connectivity index (χ0v) is 13.4. The molecule has 19 heavy (non-hydrogen) atoms. The fraction of sp³-hybridized carbons (Fsp3) is 0.875. The molecule has 1 rings (SSSR count). The molecule has 1 aliphatic heterocycles. The third-order valence-corrected chi connectivity index (χ3v) is 3.63. The van der Waals surface area contributed by atoms with Crippen molar-refractivity contribution in [3.8, 4) is 0 Å². The van der Waals surface area contributed by atoms with Crippen LogP contribution < -0.4 is 5.32 Å². The summed E-state index contributed by atoms with van der Waals surface area (Å²) in [5.74, 6) is 0.840. The minimum absolute atomic E-state index is 0.491. The Bertz CT molecular complexity index is 253. The van der Waals surface area contributed by atoms with Crippen LogP contribution in [0.15, 0.2) is 12.3 Å². The summed E-state index contributed by atoms with van der Waals surface area (Å²) in [7, 11) is 0. The standard InChI is InChI=1S/C16H33N3/c1-14(2)7-6-8-18-9-11-19(12-10-18)13-16(5)17-15(3)4/h14-15,17H,5-13H2,1-4H3. The largest absolute Gasteiger partial charge is 0.386 e. The highest BCUT2D eigenvalue weighted by Gasteiger charge is 2.16. The number of rotatable bonds is 8. The Kier molecular flexibility index (Phi) is 7.47. The second-order valence-corrected chi connectivity index (χ2v) is 6.56. The summed E-state index contributed by atoms with van der Waals surface area (Å²) in [5, 5.41) is 3.40. The Balaban J connectivity index is 2.13. The van der Waals surface area contributed by atoms with E-state index in [9.17, 15) is 0 Å². The van der Waals surface area contributed by atoms with Gasteiger partial charge in [-0.05, 0) is 39.2 Å². The fourth-order valence-electron chi connectivity index (χ4n) is 2.62. The van der Waals surface area contributed by atoms with Crippen molar-refractivity contribution in [1.82, 2.24) is 15.1 Å². The van der Waals surface area contributed by atoms with Gasteiger partial charge >= 0.3 is 0 Å². The SMILES string of the molecule is C=C(CN1CCN(CCCC(C)C)CC1)NC(C)C. The summed E-state index contributed by atoms with van der Waals surface area (Å²) in [5.41, 5.74) is 1.16. The molecule has 1 fully saturated rings. The summed E-state index contributed by atoms with van der Waals surface area (Å²) < 4.78 is 0. The van der Waals surface area contributed by atoms with Crippen LogP contribution >= 0.6 is 0 Å². The maximum Gasteiger partial charge on any atom is 0.0376 e. The molecule has 1 aliphatic rings. The normalized spacial score (nSPS) is 18.2. The average Bonchev–Trinajstić information content (AvgIpc) is 2.29. The first-order valence-corrected chi connectivity index (χ1v) is 7.86. The van der Waals surface area contributed by atoms with Crippen LogP contribution in [0.25, 0.3) is 0 Å². The van der Waals surface area contributed by atoms with Crippen LogP contribution in [0.5, 0.6) is 0 Å². The van der Waals surface area contributed by atoms with Crippen LogP contribution in [0, 0.1) is 5.92 Å². The molecule has 0 spiro atoms. The van der Waals surface area contributed by atoms with Gasteiger partial charge in [0.1, 0.15) is 0 Å². The van der Waals surface area contributed by atoms with Crippen molar-refractivity contribution < 1.29 is 0 Å². The lowest BCUT2D eigenvalue weighted by atomic mass is 10.1. The third kappa shape index (κ3) is 7.58. The summed E-state index contributed by atoms with van der Waals surface area (Å²) in [4.78, 5) is 5.12. The molecule has 0 unspecified atom stereocenters. The number of nitrogens with zero attached hydrogens (tertiary/aromatic N) is 2. The number of hydrogen-bond donors (Lipinski definition) is 1. The van der Waals surface area contributed by atoms with Crippen molar-refractivity contribution >= 4 is 0 Å². The lowest BCUT2D eigenvalue weighted by molar-refractivity contribution is 0.136. The van der Waals surface area contributed by atoms with Gasteiger partial charge in [0.15, 0.2) is 0 Å². The quantitative estimate of drug-likeness (QED) is 0.729. The van der Waals surface area contributed by atoms with Crippen LogP contribution in [-0.4, -0.2) is 55.1 Å². The Morgan fingerprint density at radius 1 is 1.05 bits per heavy atom. The second kappa shape index (κ2) is 8.60. The Hall–Kier alpha value is -0.540. The van der Waals surface area contributed by atoms with Crippen LogP contribution in [0.2, 0.25) is 0 Å². The van der Waals surface area contributed by atoms with Crippen LogP contribution in [0.3, 0.4) is 0 Å². The highest BCUT2D eigenvalue weighted by molar-refractivity contribution is 4.96. The van der Waals surface area contributed by atoms with Crippen molar-refractivity contribution in [1.29, 1.82) is 0 Å². The summed E-state index contributed by atoms with van der Waals surface area (Å²) >= 11 is 0. The molecule has 3 heteroatoms. The van der Waals surface area contributed by atoms with E-state index in [1.807, 2.05) is 0 Å². The van der Waals surface area contributed by atoms with E-state index in [2.05, 4.69) is 49.4 Å². The summed E-state index contributed by atoms with van der Waals surface area (Å²) in [6, 6.07) is 0.491. The molecule has 1 saturated heterocycles. The van der Waals surface area contributed by atoms with Crippen molar-refractivity contribution in [3.63, 3.8) is 0 Å². The van der Waals surface area contributed by atoms with Crippen LogP contribution in [0.1, 0.15) is 40.5 Å². The number of nitrogens with one attached hydrogen (secondary N) is 1. The molecule has 0 radical (unpaired) electrons. The minimum atomic E-state index is 0.491. The monoisotopic (exact) mass is 267 g/mol. The van der Waals surface area contributed by atoms with Gasteiger partial charge in [0.2, 0.25) is 0 Å². The smallest absolute Gasteiger partial charge is 0.0376 e. The molecule has 3 nitrogen and oxygen atoms in total. The van der Waals surface area contributed by atoms with Gasteiger partial charge in [-0.3, -0.25) is 4.90 Å². The molecule has 112 valence electrons. The Morgan fingerprint density at radius 3 is 2.16 bits per heavy atom. The zero-order chi connectivity index (χ0) is 14.3. The van der Waals surface area contributed by atoms with Crippen molar-refractivity contribution in [3.05, 3.63) is 12.3 Å². The minimum Gasteiger partial charge on any atom is -0.386 e. The Morgan fingerprint density at radius 2 is 1.63 bits per heavy atom. The van der Waals surface area contributed by atoms with Gasteiger partial charge in [0, 0.05) is 44.5 Å². The molecule has 0 aromatic carbocycles. The van der Waals surface area contributed by atoms with E-state index < -0.39 is 0 Å². The first-order valence-electron chi connectivity index (χ1n) is 7.86. The first-order chi connectivity index (χ1) is 8.97. The van der Waals surface area contributed by atoms with E-state index >= 15 is 0 Å². The summed E-state index contributed by atoms with van der Waals surface area (Å²) in [6.07, 6.45) is 2.70. The summed E-state index contributed by atoms with van der Waals surface area (Å²) in [6.45, 7) is 20.1. The molecule has 0 atom stereocenters. The van der Waals surface area contributed by atoms with Gasteiger partial charge in [0.25, 0.3) is 0 Å². The van der Waals surface area contributed by atoms with E-state index in [1.54, 1.807) is 0 Å². The predicted octanol–water partition coefficient (Wildman–Crippen LogP) is 2.55. The average molecular weight is 267 g/mol. The second-order valence-electron chi connectivity index (χ2n) is 6.56.